The van der Waals surface area contributed by atoms with E-state index in [9.17, 15) is 0 Å². The first-order valence-electron chi connectivity index (χ1n) is 6.58. The second-order valence-corrected chi connectivity index (χ2v) is 5.54. The van der Waals surface area contributed by atoms with Crippen molar-refractivity contribution in [2.45, 2.75) is 45.4 Å². The van der Waals surface area contributed by atoms with Gasteiger partial charge < -0.3 is 10.5 Å². The SMILES string of the molecule is COc1c(C(C)C)cc(Cl)cc1C(C)CCCN. The van der Waals surface area contributed by atoms with E-state index in [1.807, 2.05) is 12.1 Å². The summed E-state index contributed by atoms with van der Waals surface area (Å²) >= 11 is 6.22. The van der Waals surface area contributed by atoms with Gasteiger partial charge in [0.15, 0.2) is 0 Å². The molecule has 0 aliphatic heterocycles. The van der Waals surface area contributed by atoms with E-state index in [2.05, 4.69) is 20.8 Å². The molecule has 0 radical (unpaired) electrons. The van der Waals surface area contributed by atoms with Crippen LogP contribution in [0, 0.1) is 0 Å². The highest BCUT2D eigenvalue weighted by molar-refractivity contribution is 6.30. The average Bonchev–Trinajstić information content (AvgIpc) is 2.34. The number of ether oxygens (including phenoxy) is 1. The summed E-state index contributed by atoms with van der Waals surface area (Å²) in [4.78, 5) is 0. The van der Waals surface area contributed by atoms with Gasteiger partial charge in [0.05, 0.1) is 7.11 Å². The van der Waals surface area contributed by atoms with Crippen LogP contribution in [0.3, 0.4) is 0 Å². The summed E-state index contributed by atoms with van der Waals surface area (Å²) < 4.78 is 5.60. The van der Waals surface area contributed by atoms with Crippen molar-refractivity contribution >= 4 is 11.6 Å². The normalized spacial score (nSPS) is 12.8. The topological polar surface area (TPSA) is 35.2 Å². The van der Waals surface area contributed by atoms with Gasteiger partial charge in [0.25, 0.3) is 0 Å². The third kappa shape index (κ3) is 3.63. The number of nitrogens with two attached hydrogens (primary N) is 1. The number of hydrogen-bond donors (Lipinski definition) is 1. The van der Waals surface area contributed by atoms with Crippen molar-refractivity contribution in [3.8, 4) is 5.75 Å². The first-order valence-corrected chi connectivity index (χ1v) is 6.96. The lowest BCUT2D eigenvalue weighted by molar-refractivity contribution is 0.397. The van der Waals surface area contributed by atoms with Gasteiger partial charge in [0.2, 0.25) is 0 Å². The lowest BCUT2D eigenvalue weighted by atomic mass is 9.90. The fourth-order valence-electron chi connectivity index (χ4n) is 2.25. The summed E-state index contributed by atoms with van der Waals surface area (Å²) in [5.41, 5.74) is 7.95. The maximum absolute atomic E-state index is 6.22. The molecule has 0 aliphatic rings. The van der Waals surface area contributed by atoms with Gasteiger partial charge in [-0.25, -0.2) is 0 Å². The van der Waals surface area contributed by atoms with E-state index >= 15 is 0 Å². The van der Waals surface area contributed by atoms with E-state index in [0.29, 0.717) is 11.8 Å². The van der Waals surface area contributed by atoms with E-state index < -0.39 is 0 Å². The molecule has 1 atom stereocenters. The molecule has 0 fully saturated rings. The van der Waals surface area contributed by atoms with Crippen molar-refractivity contribution in [3.05, 3.63) is 28.3 Å². The molecule has 1 unspecified atom stereocenters. The molecule has 0 saturated heterocycles. The Labute approximate surface area is 115 Å². The molecule has 1 rings (SSSR count). The second-order valence-electron chi connectivity index (χ2n) is 5.10. The largest absolute Gasteiger partial charge is 0.496 e. The summed E-state index contributed by atoms with van der Waals surface area (Å²) in [6.45, 7) is 7.24. The van der Waals surface area contributed by atoms with Crippen LogP contribution in [0.1, 0.15) is 56.6 Å². The Morgan fingerprint density at radius 2 is 1.83 bits per heavy atom. The quantitative estimate of drug-likeness (QED) is 0.835. The predicted molar refractivity (Wildman–Crippen MR) is 78.8 cm³/mol. The summed E-state index contributed by atoms with van der Waals surface area (Å²) in [6, 6.07) is 4.03. The van der Waals surface area contributed by atoms with Crippen molar-refractivity contribution in [2.75, 3.05) is 13.7 Å². The molecular weight excluding hydrogens is 246 g/mol. The standard InChI is InChI=1S/C15H24ClNO/c1-10(2)13-8-12(16)9-14(15(13)18-4)11(3)6-5-7-17/h8-11H,5-7,17H2,1-4H3. The van der Waals surface area contributed by atoms with Crippen LogP contribution in [0.4, 0.5) is 0 Å². The molecule has 1 aromatic carbocycles. The number of hydrogen-bond acceptors (Lipinski definition) is 2. The fourth-order valence-corrected chi connectivity index (χ4v) is 2.48. The minimum atomic E-state index is 0.402. The van der Waals surface area contributed by atoms with E-state index in [-0.39, 0.29) is 0 Å². The van der Waals surface area contributed by atoms with Crippen LogP contribution in [0.5, 0.6) is 5.75 Å². The smallest absolute Gasteiger partial charge is 0.125 e. The molecule has 102 valence electrons. The minimum absolute atomic E-state index is 0.402. The van der Waals surface area contributed by atoms with E-state index in [4.69, 9.17) is 22.1 Å². The van der Waals surface area contributed by atoms with Crippen LogP contribution in [-0.2, 0) is 0 Å². The van der Waals surface area contributed by atoms with Gasteiger partial charge in [0, 0.05) is 5.02 Å². The third-order valence-electron chi connectivity index (χ3n) is 3.31. The minimum Gasteiger partial charge on any atom is -0.496 e. The Bertz CT molecular complexity index is 390. The van der Waals surface area contributed by atoms with Crippen LogP contribution in [0.15, 0.2) is 12.1 Å². The Kier molecular flexibility index (Phi) is 5.97. The summed E-state index contributed by atoms with van der Waals surface area (Å²) in [6.07, 6.45) is 2.08. The molecule has 0 bridgehead atoms. The molecule has 0 spiro atoms. The summed E-state index contributed by atoms with van der Waals surface area (Å²) in [5.74, 6) is 1.80. The van der Waals surface area contributed by atoms with Crippen LogP contribution < -0.4 is 10.5 Å². The zero-order valence-corrected chi connectivity index (χ0v) is 12.6. The van der Waals surface area contributed by atoms with Gasteiger partial charge in [0.1, 0.15) is 5.75 Å². The molecular formula is C15H24ClNO. The van der Waals surface area contributed by atoms with Gasteiger partial charge in [-0.05, 0) is 54.5 Å². The molecule has 3 heteroatoms. The Hall–Kier alpha value is -0.730. The van der Waals surface area contributed by atoms with Crippen molar-refractivity contribution < 1.29 is 4.74 Å². The molecule has 1 aromatic rings. The predicted octanol–water partition coefficient (Wildman–Crippen LogP) is 4.31. The Balaban J connectivity index is 3.16. The number of benzene rings is 1. The zero-order valence-electron chi connectivity index (χ0n) is 11.8. The first-order chi connectivity index (χ1) is 8.51. The Morgan fingerprint density at radius 1 is 1.22 bits per heavy atom. The maximum Gasteiger partial charge on any atom is 0.125 e. The molecule has 0 aliphatic carbocycles. The van der Waals surface area contributed by atoms with Crippen molar-refractivity contribution in [2.24, 2.45) is 5.73 Å². The molecule has 0 saturated carbocycles. The second kappa shape index (κ2) is 7.01. The van der Waals surface area contributed by atoms with Gasteiger partial charge in [-0.15, -0.1) is 0 Å². The van der Waals surface area contributed by atoms with Crippen LogP contribution in [-0.4, -0.2) is 13.7 Å². The van der Waals surface area contributed by atoms with Gasteiger partial charge in [-0.2, -0.15) is 0 Å². The van der Waals surface area contributed by atoms with E-state index in [0.717, 1.165) is 30.2 Å². The van der Waals surface area contributed by atoms with Crippen LogP contribution in [0.25, 0.3) is 0 Å². The monoisotopic (exact) mass is 269 g/mol. The van der Waals surface area contributed by atoms with Gasteiger partial charge >= 0.3 is 0 Å². The van der Waals surface area contributed by atoms with Crippen molar-refractivity contribution in [1.82, 2.24) is 0 Å². The number of methoxy groups -OCH3 is 1. The van der Waals surface area contributed by atoms with Crippen LogP contribution in [0.2, 0.25) is 5.02 Å². The lowest BCUT2D eigenvalue weighted by Gasteiger charge is -2.20. The highest BCUT2D eigenvalue weighted by Gasteiger charge is 2.17. The first kappa shape index (κ1) is 15.3. The van der Waals surface area contributed by atoms with E-state index in [1.165, 1.54) is 11.1 Å². The maximum atomic E-state index is 6.22. The number of rotatable bonds is 6. The summed E-state index contributed by atoms with van der Waals surface area (Å²) in [5, 5.41) is 0.786. The summed E-state index contributed by atoms with van der Waals surface area (Å²) in [7, 11) is 1.73. The third-order valence-corrected chi connectivity index (χ3v) is 3.53. The lowest BCUT2D eigenvalue weighted by Crippen LogP contribution is -2.05. The van der Waals surface area contributed by atoms with Crippen molar-refractivity contribution in [3.63, 3.8) is 0 Å². The number of halogens is 1. The molecule has 0 amide bonds. The van der Waals surface area contributed by atoms with Gasteiger partial charge in [-0.3, -0.25) is 0 Å². The van der Waals surface area contributed by atoms with Crippen LogP contribution >= 0.6 is 11.6 Å². The molecule has 18 heavy (non-hydrogen) atoms. The highest BCUT2D eigenvalue weighted by Crippen LogP contribution is 2.38. The zero-order chi connectivity index (χ0) is 13.7. The molecule has 0 heterocycles. The van der Waals surface area contributed by atoms with Crippen molar-refractivity contribution in [1.29, 1.82) is 0 Å². The molecule has 0 aromatic heterocycles. The molecule has 2 N–H and O–H groups in total. The van der Waals surface area contributed by atoms with Gasteiger partial charge in [-0.1, -0.05) is 32.4 Å². The Morgan fingerprint density at radius 3 is 2.33 bits per heavy atom. The highest BCUT2D eigenvalue weighted by atomic mass is 35.5. The van der Waals surface area contributed by atoms with E-state index in [1.54, 1.807) is 7.11 Å². The molecule has 2 nitrogen and oxygen atoms in total. The average molecular weight is 270 g/mol. The fraction of sp³-hybridized carbons (Fsp3) is 0.600.